The van der Waals surface area contributed by atoms with Gasteiger partial charge in [-0.2, -0.15) is 0 Å². The topological polar surface area (TPSA) is 77.0 Å². The molecule has 2 aromatic rings. The van der Waals surface area contributed by atoms with Gasteiger partial charge < -0.3 is 24.6 Å². The lowest BCUT2D eigenvalue weighted by atomic mass is 10.0. The average Bonchev–Trinajstić information content (AvgIpc) is 2.76. The first kappa shape index (κ1) is 25.8. The van der Waals surface area contributed by atoms with Gasteiger partial charge in [-0.25, -0.2) is 0 Å². The Morgan fingerprint density at radius 2 is 1.80 bits per heavy atom. The Balaban J connectivity index is 0.00000450. The lowest BCUT2D eigenvalue weighted by molar-refractivity contribution is 0.0980. The molecule has 0 saturated heterocycles. The van der Waals surface area contributed by atoms with E-state index in [1.807, 2.05) is 30.3 Å². The molecule has 166 valence electrons. The van der Waals surface area contributed by atoms with E-state index in [0.717, 1.165) is 18.5 Å². The number of hydrogen-bond acceptors (Lipinski definition) is 6. The first-order valence-electron chi connectivity index (χ1n) is 9.93. The van der Waals surface area contributed by atoms with Gasteiger partial charge in [-0.05, 0) is 49.2 Å². The number of halogens is 1. The van der Waals surface area contributed by atoms with Crippen LogP contribution in [0.2, 0.25) is 0 Å². The second kappa shape index (κ2) is 13.9. The fourth-order valence-corrected chi connectivity index (χ4v) is 2.95. The van der Waals surface area contributed by atoms with Crippen LogP contribution in [0.25, 0.3) is 0 Å². The fourth-order valence-electron chi connectivity index (χ4n) is 2.95. The Kier molecular flexibility index (Phi) is 11.9. The molecule has 30 heavy (non-hydrogen) atoms. The standard InChI is InChI=1S/C23H31NO5.ClH/c1-4-13-24-15-18(25)16-29-23-14-17(10-12-22(23)28-3)9-11-20(26)19-7-5-6-8-21(19)27-2;/h5-8,10,12,14,18,24-25H,4,9,11,13,15-16H2,1-3H3;1H. The molecule has 0 heterocycles. The molecular formula is C23H32ClNO5. The highest BCUT2D eigenvalue weighted by molar-refractivity contribution is 5.98. The predicted molar refractivity (Wildman–Crippen MR) is 121 cm³/mol. The number of nitrogens with one attached hydrogen (secondary N) is 1. The van der Waals surface area contributed by atoms with Crippen molar-refractivity contribution in [3.8, 4) is 17.2 Å². The molecule has 0 amide bonds. The molecule has 0 bridgehead atoms. The van der Waals surface area contributed by atoms with Crippen LogP contribution in [0.1, 0.15) is 35.7 Å². The van der Waals surface area contributed by atoms with Crippen molar-refractivity contribution in [2.24, 2.45) is 0 Å². The molecule has 1 atom stereocenters. The zero-order chi connectivity index (χ0) is 21.1. The summed E-state index contributed by atoms with van der Waals surface area (Å²) in [4.78, 5) is 12.6. The number of para-hydroxylation sites is 1. The highest BCUT2D eigenvalue weighted by atomic mass is 35.5. The van der Waals surface area contributed by atoms with Gasteiger partial charge in [-0.15, -0.1) is 12.4 Å². The van der Waals surface area contributed by atoms with E-state index in [1.54, 1.807) is 26.4 Å². The molecule has 0 aliphatic heterocycles. The van der Waals surface area contributed by atoms with Crippen molar-refractivity contribution < 1.29 is 24.1 Å². The third-order valence-corrected chi connectivity index (χ3v) is 4.51. The van der Waals surface area contributed by atoms with Crippen LogP contribution in [0.15, 0.2) is 42.5 Å². The summed E-state index contributed by atoms with van der Waals surface area (Å²) in [6, 6.07) is 12.8. The number of methoxy groups -OCH3 is 2. The van der Waals surface area contributed by atoms with Gasteiger partial charge in [0, 0.05) is 13.0 Å². The summed E-state index contributed by atoms with van der Waals surface area (Å²) in [5.74, 6) is 1.77. The van der Waals surface area contributed by atoms with Crippen molar-refractivity contribution in [3.63, 3.8) is 0 Å². The quantitative estimate of drug-likeness (QED) is 0.367. The smallest absolute Gasteiger partial charge is 0.166 e. The van der Waals surface area contributed by atoms with Gasteiger partial charge in [-0.1, -0.05) is 25.1 Å². The van der Waals surface area contributed by atoms with E-state index in [2.05, 4.69) is 12.2 Å². The first-order valence-corrected chi connectivity index (χ1v) is 9.93. The summed E-state index contributed by atoms with van der Waals surface area (Å²) in [6.45, 7) is 3.57. The number of carbonyl (C=O) groups excluding carboxylic acids is 1. The molecule has 0 aliphatic rings. The van der Waals surface area contributed by atoms with Crippen LogP contribution in [-0.2, 0) is 6.42 Å². The number of aliphatic hydroxyl groups is 1. The van der Waals surface area contributed by atoms with Crippen molar-refractivity contribution in [1.82, 2.24) is 5.32 Å². The van der Waals surface area contributed by atoms with Gasteiger partial charge >= 0.3 is 0 Å². The maximum atomic E-state index is 12.6. The van der Waals surface area contributed by atoms with Crippen LogP contribution in [-0.4, -0.2) is 50.9 Å². The summed E-state index contributed by atoms with van der Waals surface area (Å²) in [6.07, 6.45) is 1.33. The Hall–Kier alpha value is -2.28. The molecule has 0 fully saturated rings. The summed E-state index contributed by atoms with van der Waals surface area (Å²) < 4.78 is 16.4. The minimum absolute atomic E-state index is 0. The molecule has 6 nitrogen and oxygen atoms in total. The van der Waals surface area contributed by atoms with Gasteiger partial charge in [0.15, 0.2) is 17.3 Å². The van der Waals surface area contributed by atoms with Crippen LogP contribution >= 0.6 is 12.4 Å². The summed E-state index contributed by atoms with van der Waals surface area (Å²) >= 11 is 0. The van der Waals surface area contributed by atoms with Gasteiger partial charge in [0.1, 0.15) is 18.5 Å². The van der Waals surface area contributed by atoms with E-state index in [-0.39, 0.29) is 24.8 Å². The van der Waals surface area contributed by atoms with Gasteiger partial charge in [0.2, 0.25) is 0 Å². The van der Waals surface area contributed by atoms with E-state index in [4.69, 9.17) is 14.2 Å². The number of carbonyl (C=O) groups is 1. The van der Waals surface area contributed by atoms with Crippen LogP contribution in [0.5, 0.6) is 17.2 Å². The maximum Gasteiger partial charge on any atom is 0.166 e. The largest absolute Gasteiger partial charge is 0.496 e. The van der Waals surface area contributed by atoms with Gasteiger partial charge in [0.05, 0.1) is 19.8 Å². The minimum Gasteiger partial charge on any atom is -0.496 e. The number of ether oxygens (including phenoxy) is 3. The Morgan fingerprint density at radius 1 is 1.07 bits per heavy atom. The molecule has 0 spiro atoms. The molecule has 1 unspecified atom stereocenters. The van der Waals surface area contributed by atoms with Crippen LogP contribution in [0.4, 0.5) is 0 Å². The van der Waals surface area contributed by atoms with E-state index in [1.165, 1.54) is 0 Å². The van der Waals surface area contributed by atoms with E-state index in [0.29, 0.717) is 42.2 Å². The van der Waals surface area contributed by atoms with Gasteiger partial charge in [-0.3, -0.25) is 4.79 Å². The SMILES string of the molecule is CCCNCC(O)COc1cc(CCC(=O)c2ccccc2OC)ccc1OC.Cl. The van der Waals surface area contributed by atoms with Crippen molar-refractivity contribution >= 4 is 18.2 Å². The number of aryl methyl sites for hydroxylation is 1. The number of ketones is 1. The lowest BCUT2D eigenvalue weighted by Gasteiger charge is -2.16. The third-order valence-electron chi connectivity index (χ3n) is 4.51. The molecule has 7 heteroatoms. The monoisotopic (exact) mass is 437 g/mol. The van der Waals surface area contributed by atoms with Crippen molar-refractivity contribution in [2.45, 2.75) is 32.3 Å². The lowest BCUT2D eigenvalue weighted by Crippen LogP contribution is -2.31. The molecular weight excluding hydrogens is 406 g/mol. The Morgan fingerprint density at radius 3 is 2.50 bits per heavy atom. The molecule has 2 N–H and O–H groups in total. The van der Waals surface area contributed by atoms with E-state index < -0.39 is 6.10 Å². The van der Waals surface area contributed by atoms with Crippen molar-refractivity contribution in [1.29, 1.82) is 0 Å². The van der Waals surface area contributed by atoms with Crippen LogP contribution in [0.3, 0.4) is 0 Å². The van der Waals surface area contributed by atoms with E-state index in [9.17, 15) is 9.90 Å². The predicted octanol–water partition coefficient (Wildman–Crippen LogP) is 3.68. The highest BCUT2D eigenvalue weighted by Gasteiger charge is 2.13. The van der Waals surface area contributed by atoms with Gasteiger partial charge in [0.25, 0.3) is 0 Å². The zero-order valence-corrected chi connectivity index (χ0v) is 18.7. The van der Waals surface area contributed by atoms with Crippen molar-refractivity contribution in [2.75, 3.05) is 33.9 Å². The number of benzene rings is 2. The van der Waals surface area contributed by atoms with E-state index >= 15 is 0 Å². The normalized spacial score (nSPS) is 11.3. The van der Waals surface area contributed by atoms with Crippen LogP contribution in [0, 0.1) is 0 Å². The number of aliphatic hydroxyl groups excluding tert-OH is 1. The number of rotatable bonds is 13. The van der Waals surface area contributed by atoms with Crippen molar-refractivity contribution in [3.05, 3.63) is 53.6 Å². The second-order valence-corrected chi connectivity index (χ2v) is 6.78. The van der Waals surface area contributed by atoms with Crippen LogP contribution < -0.4 is 19.5 Å². The second-order valence-electron chi connectivity index (χ2n) is 6.78. The molecule has 2 rings (SSSR count). The fraction of sp³-hybridized carbons (Fsp3) is 0.435. The summed E-state index contributed by atoms with van der Waals surface area (Å²) in [5, 5.41) is 13.2. The Bertz CT molecular complexity index is 784. The molecule has 0 radical (unpaired) electrons. The highest BCUT2D eigenvalue weighted by Crippen LogP contribution is 2.29. The number of hydrogen-bond donors (Lipinski definition) is 2. The average molecular weight is 438 g/mol. The summed E-state index contributed by atoms with van der Waals surface area (Å²) in [7, 11) is 3.14. The summed E-state index contributed by atoms with van der Waals surface area (Å²) in [5.41, 5.74) is 1.55. The number of Topliss-reactive ketones (excluding diaryl/α,β-unsaturated/α-hetero) is 1. The zero-order valence-electron chi connectivity index (χ0n) is 17.8. The molecule has 0 saturated carbocycles. The molecule has 2 aromatic carbocycles. The first-order chi connectivity index (χ1) is 14.1. The maximum absolute atomic E-state index is 12.6. The molecule has 0 aromatic heterocycles. The minimum atomic E-state index is -0.609. The molecule has 0 aliphatic carbocycles. The third kappa shape index (κ3) is 7.86. The Labute approximate surface area is 185 Å².